The second kappa shape index (κ2) is 5.35. The third kappa shape index (κ3) is 1.58. The van der Waals surface area contributed by atoms with Crippen LogP contribution in [0.15, 0.2) is 28.6 Å². The number of aromatic hydroxyl groups is 1. The Morgan fingerprint density at radius 1 is 1.39 bits per heavy atom. The van der Waals surface area contributed by atoms with Crippen LogP contribution in [0.1, 0.15) is 37.3 Å². The zero-order chi connectivity index (χ0) is 19.3. The molecule has 148 valence electrons. The van der Waals surface area contributed by atoms with Gasteiger partial charge in [0.2, 0.25) is 0 Å². The summed E-state index contributed by atoms with van der Waals surface area (Å²) in [5.74, 6) is 0.911. The summed E-state index contributed by atoms with van der Waals surface area (Å²) in [6.07, 6.45) is 8.44. The highest BCUT2D eigenvalue weighted by Crippen LogP contribution is 2.73. The van der Waals surface area contributed by atoms with Gasteiger partial charge < -0.3 is 14.6 Å². The molecule has 0 aromatic heterocycles. The quantitative estimate of drug-likeness (QED) is 0.791. The van der Waals surface area contributed by atoms with Crippen LogP contribution in [0.25, 0.3) is 0 Å². The third-order valence-corrected chi connectivity index (χ3v) is 8.77. The molecule has 1 aromatic rings. The molecule has 6 aliphatic rings. The molecule has 1 saturated carbocycles. The number of benzene rings is 1. The van der Waals surface area contributed by atoms with E-state index in [1.165, 1.54) is 11.1 Å². The fourth-order valence-corrected chi connectivity index (χ4v) is 7.80. The Kier molecular flexibility index (Phi) is 3.32. The number of nitrogens with zero attached hydrogens (tertiary/aromatic N) is 2. The molecule has 4 aliphatic carbocycles. The highest BCUT2D eigenvalue weighted by Gasteiger charge is 2.79. The first kappa shape index (κ1) is 17.4. The molecule has 0 radical (unpaired) electrons. The fourth-order valence-electron chi connectivity index (χ4n) is 7.56. The lowest BCUT2D eigenvalue weighted by Crippen LogP contribution is -2.80. The second-order valence-corrected chi connectivity index (χ2v) is 9.39. The van der Waals surface area contributed by atoms with Gasteiger partial charge in [0.05, 0.1) is 5.41 Å². The molecule has 2 aliphatic heterocycles. The van der Waals surface area contributed by atoms with E-state index >= 15 is 0 Å². The molecule has 1 saturated heterocycles. The van der Waals surface area contributed by atoms with E-state index in [1.807, 2.05) is 0 Å². The average Bonchev–Trinajstić information content (AvgIpc) is 3.08. The first-order chi connectivity index (χ1) is 13.6. The predicted octanol–water partition coefficient (Wildman–Crippen LogP) is 2.88. The van der Waals surface area contributed by atoms with Crippen molar-refractivity contribution >= 4 is 12.4 Å². The first-order valence-electron chi connectivity index (χ1n) is 10.4. The molecule has 5 nitrogen and oxygen atoms in total. The minimum absolute atomic E-state index is 0.0790. The number of ether oxygens (including phenoxy) is 2. The molecule has 2 heterocycles. The average molecular weight is 399 g/mol. The lowest BCUT2D eigenvalue weighted by atomic mass is 9.38. The highest BCUT2D eigenvalue weighted by atomic mass is 32.1. The minimum atomic E-state index is -0.666. The van der Waals surface area contributed by atoms with E-state index < -0.39 is 5.60 Å². The van der Waals surface area contributed by atoms with Crippen LogP contribution in [0.4, 0.5) is 0 Å². The molecular weight excluding hydrogens is 372 g/mol. The van der Waals surface area contributed by atoms with Crippen molar-refractivity contribution < 1.29 is 14.6 Å². The smallest absolute Gasteiger partial charge is 0.165 e. The Bertz CT molecular complexity index is 919. The maximum atomic E-state index is 10.7. The molecular formula is C22H26N2O3S. The predicted molar refractivity (Wildman–Crippen MR) is 108 cm³/mol. The van der Waals surface area contributed by atoms with Crippen molar-refractivity contribution in [3.63, 3.8) is 0 Å². The van der Waals surface area contributed by atoms with Crippen molar-refractivity contribution in [2.24, 2.45) is 9.78 Å². The Hall–Kier alpha value is -1.50. The second-order valence-electron chi connectivity index (χ2n) is 9.18. The summed E-state index contributed by atoms with van der Waals surface area (Å²) in [6.45, 7) is 4.41. The molecule has 2 fully saturated rings. The van der Waals surface area contributed by atoms with Gasteiger partial charge in [0.1, 0.15) is 17.7 Å². The Labute approximate surface area is 170 Å². The minimum Gasteiger partial charge on any atom is -0.504 e. The van der Waals surface area contributed by atoms with Crippen molar-refractivity contribution in [3.05, 3.63) is 35.4 Å². The van der Waals surface area contributed by atoms with Gasteiger partial charge in [-0.05, 0) is 50.4 Å². The molecule has 28 heavy (non-hydrogen) atoms. The van der Waals surface area contributed by atoms with Crippen LogP contribution in [-0.4, -0.2) is 54.0 Å². The molecule has 4 bridgehead atoms. The number of phenolic OH excluding ortho intramolecular Hbond substituents is 1. The maximum Gasteiger partial charge on any atom is 0.165 e. The van der Waals surface area contributed by atoms with Crippen LogP contribution >= 0.6 is 0 Å². The summed E-state index contributed by atoms with van der Waals surface area (Å²) in [7, 11) is 1.74. The van der Waals surface area contributed by atoms with Crippen LogP contribution in [0.5, 0.6) is 11.5 Å². The van der Waals surface area contributed by atoms with Crippen LogP contribution in [0.2, 0.25) is 0 Å². The molecule has 7 rings (SSSR count). The monoisotopic (exact) mass is 398 g/mol. The van der Waals surface area contributed by atoms with Gasteiger partial charge in [0, 0.05) is 36.6 Å². The van der Waals surface area contributed by atoms with Gasteiger partial charge in [-0.2, -0.15) is 0 Å². The zero-order valence-electron chi connectivity index (χ0n) is 16.4. The van der Waals surface area contributed by atoms with Crippen molar-refractivity contribution in [2.75, 3.05) is 20.2 Å². The number of hydrogen-bond donors (Lipinski definition) is 1. The van der Waals surface area contributed by atoms with Gasteiger partial charge in [-0.1, -0.05) is 25.1 Å². The largest absolute Gasteiger partial charge is 0.504 e. The Morgan fingerprint density at radius 3 is 3.00 bits per heavy atom. The summed E-state index contributed by atoms with van der Waals surface area (Å²) < 4.78 is 17.1. The molecule has 1 aromatic carbocycles. The zero-order valence-corrected chi connectivity index (χ0v) is 17.2. The van der Waals surface area contributed by atoms with Crippen LogP contribution in [-0.2, 0) is 29.0 Å². The van der Waals surface area contributed by atoms with Crippen molar-refractivity contribution in [1.29, 1.82) is 0 Å². The van der Waals surface area contributed by atoms with Crippen molar-refractivity contribution in [1.82, 2.24) is 4.90 Å². The van der Waals surface area contributed by atoms with E-state index in [-0.39, 0.29) is 28.7 Å². The number of rotatable bonds is 4. The van der Waals surface area contributed by atoms with Crippen molar-refractivity contribution in [3.8, 4) is 11.5 Å². The molecule has 2 spiro atoms. The Morgan fingerprint density at radius 2 is 2.25 bits per heavy atom. The molecule has 0 amide bonds. The summed E-state index contributed by atoms with van der Waals surface area (Å²) >= 11 is 5.26. The molecule has 6 heteroatoms. The lowest BCUT2D eigenvalue weighted by molar-refractivity contribution is -0.196. The van der Waals surface area contributed by atoms with Crippen LogP contribution in [0.3, 0.4) is 0 Å². The van der Waals surface area contributed by atoms with Gasteiger partial charge in [-0.25, -0.2) is 4.36 Å². The lowest BCUT2D eigenvalue weighted by Gasteiger charge is -2.70. The first-order valence-corrected chi connectivity index (χ1v) is 10.8. The normalized spacial score (nSPS) is 44.3. The third-order valence-electron chi connectivity index (χ3n) is 8.52. The number of hydrogen-bond acceptors (Lipinski definition) is 6. The van der Waals surface area contributed by atoms with Crippen molar-refractivity contribution in [2.45, 2.75) is 61.8 Å². The van der Waals surface area contributed by atoms with E-state index in [0.29, 0.717) is 11.8 Å². The number of piperidine rings is 1. The maximum absolute atomic E-state index is 10.7. The summed E-state index contributed by atoms with van der Waals surface area (Å²) in [4.78, 5) is 2.67. The topological polar surface area (TPSA) is 54.3 Å². The highest BCUT2D eigenvalue weighted by molar-refractivity contribution is 7.47. The van der Waals surface area contributed by atoms with E-state index in [2.05, 4.69) is 34.4 Å². The van der Waals surface area contributed by atoms with Gasteiger partial charge in [-0.3, -0.25) is 4.90 Å². The van der Waals surface area contributed by atoms with E-state index in [0.717, 1.165) is 38.8 Å². The van der Waals surface area contributed by atoms with Gasteiger partial charge in [-0.15, -0.1) is 0 Å². The van der Waals surface area contributed by atoms with Gasteiger partial charge in [0.25, 0.3) is 0 Å². The van der Waals surface area contributed by atoms with Crippen LogP contribution < -0.4 is 4.74 Å². The van der Waals surface area contributed by atoms with Gasteiger partial charge in [0.15, 0.2) is 11.5 Å². The van der Waals surface area contributed by atoms with Crippen LogP contribution in [0, 0.1) is 5.41 Å². The number of phenols is 1. The van der Waals surface area contributed by atoms with E-state index in [1.54, 1.807) is 13.2 Å². The Balaban J connectivity index is 1.68. The summed E-state index contributed by atoms with van der Waals surface area (Å²) in [5, 5.41) is 10.7. The summed E-state index contributed by atoms with van der Waals surface area (Å²) in [5.41, 5.74) is 1.64. The fraction of sp³-hybridized carbons (Fsp3) is 0.636. The molecule has 1 unspecified atom stereocenters. The number of fused-ring (bicyclic) bond motifs is 1. The molecule has 6 atom stereocenters. The van der Waals surface area contributed by atoms with Gasteiger partial charge >= 0.3 is 0 Å². The number of likely N-dealkylation sites (tertiary alicyclic amines) is 1. The molecule has 1 N–H and O–H groups in total. The van der Waals surface area contributed by atoms with E-state index in [9.17, 15) is 5.11 Å². The summed E-state index contributed by atoms with van der Waals surface area (Å²) in [6, 6.07) is 4.19. The number of methoxy groups -OCH3 is 1. The van der Waals surface area contributed by atoms with E-state index in [4.69, 9.17) is 21.9 Å². The standard InChI is InChI=1S/C22H26N2O3S/c1-3-9-24-10-8-21-17-13-4-5-14(25)18(17)27-19(21)22(26-2)7-6-20(21,16(24)11-13)12-15(22)23-28/h4-7,15-16,19,25H,3,8-12H2,1-2H3/t15-,16+,19+,20+,21-,22?/m0/s1. The SMILES string of the molecule is CCCN1CC[C@]23c4c5ccc(O)c4O[C@H]2C2(OC)C=C[C@@]3(C[C@@H]2N=S)[C@H]1C5.